The number of methoxy groups -OCH3 is 1. The van der Waals surface area contributed by atoms with Gasteiger partial charge in [-0.3, -0.25) is 0 Å². The van der Waals surface area contributed by atoms with E-state index in [1.165, 1.54) is 23.1 Å². The Morgan fingerprint density at radius 1 is 1.30 bits per heavy atom. The van der Waals surface area contributed by atoms with E-state index in [4.69, 9.17) is 0 Å². The van der Waals surface area contributed by atoms with E-state index >= 15 is 0 Å². The molecule has 0 radical (unpaired) electrons. The topological polar surface area (TPSA) is 51.2 Å². The summed E-state index contributed by atoms with van der Waals surface area (Å²) in [7, 11) is 1.35. The molecular weight excluding hydrogens is 272 g/mol. The Bertz CT molecular complexity index is 590. The van der Waals surface area contributed by atoms with Crippen molar-refractivity contribution in [1.82, 2.24) is 10.3 Å². The maximum absolute atomic E-state index is 11.0. The molecule has 5 heteroatoms. The first-order valence-corrected chi connectivity index (χ1v) is 7.22. The van der Waals surface area contributed by atoms with Gasteiger partial charge in [0, 0.05) is 11.3 Å². The SMILES string of the molecule is COC(=O)NCc1nc(C)c(Cc2ccc(C)cc2)s1. The molecule has 20 heavy (non-hydrogen) atoms. The Balaban J connectivity index is 2.03. The molecule has 0 atom stereocenters. The minimum Gasteiger partial charge on any atom is -0.453 e. The van der Waals surface area contributed by atoms with Crippen molar-refractivity contribution < 1.29 is 9.53 Å². The molecule has 1 aromatic carbocycles. The average Bonchev–Trinajstić information content (AvgIpc) is 2.79. The van der Waals surface area contributed by atoms with E-state index in [9.17, 15) is 4.79 Å². The van der Waals surface area contributed by atoms with Gasteiger partial charge < -0.3 is 10.1 Å². The van der Waals surface area contributed by atoms with E-state index in [1.54, 1.807) is 11.3 Å². The third kappa shape index (κ3) is 3.81. The van der Waals surface area contributed by atoms with Gasteiger partial charge in [-0.25, -0.2) is 9.78 Å². The largest absolute Gasteiger partial charge is 0.453 e. The molecule has 0 saturated carbocycles. The molecule has 0 aliphatic carbocycles. The summed E-state index contributed by atoms with van der Waals surface area (Å²) in [6, 6.07) is 8.51. The van der Waals surface area contributed by atoms with E-state index in [1.807, 2.05) is 6.92 Å². The first-order valence-electron chi connectivity index (χ1n) is 6.41. The highest BCUT2D eigenvalue weighted by Crippen LogP contribution is 2.21. The number of hydrogen-bond donors (Lipinski definition) is 1. The maximum Gasteiger partial charge on any atom is 0.407 e. The van der Waals surface area contributed by atoms with Crippen LogP contribution in [-0.4, -0.2) is 18.2 Å². The first-order chi connectivity index (χ1) is 9.58. The van der Waals surface area contributed by atoms with Gasteiger partial charge in [0.1, 0.15) is 5.01 Å². The van der Waals surface area contributed by atoms with E-state index in [2.05, 4.69) is 46.2 Å². The molecule has 0 unspecified atom stereocenters. The van der Waals surface area contributed by atoms with Crippen LogP contribution in [0.1, 0.15) is 26.7 Å². The molecule has 0 saturated heterocycles. The number of nitrogens with one attached hydrogen (secondary N) is 1. The molecule has 0 aliphatic rings. The molecule has 0 aliphatic heterocycles. The molecule has 1 N–H and O–H groups in total. The van der Waals surface area contributed by atoms with Gasteiger partial charge >= 0.3 is 6.09 Å². The Morgan fingerprint density at radius 3 is 2.65 bits per heavy atom. The lowest BCUT2D eigenvalue weighted by Crippen LogP contribution is -2.22. The minimum absolute atomic E-state index is 0.409. The van der Waals surface area contributed by atoms with Crippen molar-refractivity contribution in [1.29, 1.82) is 0 Å². The number of benzene rings is 1. The molecule has 4 nitrogen and oxygen atoms in total. The Hall–Kier alpha value is -1.88. The second-order valence-corrected chi connectivity index (χ2v) is 5.79. The summed E-state index contributed by atoms with van der Waals surface area (Å²) in [5.74, 6) is 0. The van der Waals surface area contributed by atoms with E-state index < -0.39 is 6.09 Å². The molecule has 0 fully saturated rings. The zero-order valence-electron chi connectivity index (χ0n) is 11.9. The van der Waals surface area contributed by atoms with Gasteiger partial charge in [0.05, 0.1) is 19.3 Å². The number of amides is 1. The van der Waals surface area contributed by atoms with Gasteiger partial charge in [0.15, 0.2) is 0 Å². The quantitative estimate of drug-likeness (QED) is 0.940. The summed E-state index contributed by atoms with van der Waals surface area (Å²) in [6.07, 6.45) is 0.445. The van der Waals surface area contributed by atoms with Crippen molar-refractivity contribution in [2.24, 2.45) is 0 Å². The third-order valence-corrected chi connectivity index (χ3v) is 4.15. The number of aromatic nitrogens is 1. The second-order valence-electron chi connectivity index (χ2n) is 4.62. The van der Waals surface area contributed by atoms with Gasteiger partial charge in [-0.1, -0.05) is 29.8 Å². The van der Waals surface area contributed by atoms with Gasteiger partial charge in [0.2, 0.25) is 0 Å². The van der Waals surface area contributed by atoms with E-state index in [0.29, 0.717) is 6.54 Å². The van der Waals surface area contributed by atoms with Crippen LogP contribution in [0, 0.1) is 13.8 Å². The summed E-state index contributed by atoms with van der Waals surface area (Å²) in [4.78, 5) is 16.8. The summed E-state index contributed by atoms with van der Waals surface area (Å²) in [6.45, 7) is 4.49. The lowest BCUT2D eigenvalue weighted by molar-refractivity contribution is 0.170. The van der Waals surface area contributed by atoms with Crippen molar-refractivity contribution in [2.45, 2.75) is 26.8 Å². The predicted molar refractivity (Wildman–Crippen MR) is 80.1 cm³/mol. The lowest BCUT2D eigenvalue weighted by Gasteiger charge is -2.00. The average molecular weight is 290 g/mol. The normalized spacial score (nSPS) is 10.3. The zero-order valence-corrected chi connectivity index (χ0v) is 12.7. The monoisotopic (exact) mass is 290 g/mol. The molecular formula is C15H18N2O2S. The number of aryl methyl sites for hydroxylation is 2. The highest BCUT2D eigenvalue weighted by molar-refractivity contribution is 7.11. The molecule has 1 amide bonds. The van der Waals surface area contributed by atoms with Gasteiger partial charge in [-0.15, -0.1) is 11.3 Å². The van der Waals surface area contributed by atoms with Crippen LogP contribution in [-0.2, 0) is 17.7 Å². The molecule has 2 aromatic rings. The maximum atomic E-state index is 11.0. The standard InChI is InChI=1S/C15H18N2O2S/c1-10-4-6-12(7-5-10)8-13-11(2)17-14(20-13)9-16-15(18)19-3/h4-7H,8-9H2,1-3H3,(H,16,18). The van der Waals surface area contributed by atoms with Gasteiger partial charge in [-0.2, -0.15) is 0 Å². The highest BCUT2D eigenvalue weighted by Gasteiger charge is 2.09. The number of hydrogen-bond acceptors (Lipinski definition) is 4. The van der Waals surface area contributed by atoms with E-state index in [-0.39, 0.29) is 0 Å². The summed E-state index contributed by atoms with van der Waals surface area (Å²) in [5, 5.41) is 3.55. The fourth-order valence-corrected chi connectivity index (χ4v) is 2.88. The number of carbonyl (C=O) groups excluding carboxylic acids is 1. The highest BCUT2D eigenvalue weighted by atomic mass is 32.1. The number of alkyl carbamates (subject to hydrolysis) is 1. The predicted octanol–water partition coefficient (Wildman–Crippen LogP) is 3.21. The van der Waals surface area contributed by atoms with Crippen LogP contribution in [0.4, 0.5) is 4.79 Å². The van der Waals surface area contributed by atoms with Crippen molar-refractivity contribution >= 4 is 17.4 Å². The number of nitrogens with zero attached hydrogens (tertiary/aromatic N) is 1. The Morgan fingerprint density at radius 2 is 2.00 bits per heavy atom. The third-order valence-electron chi connectivity index (χ3n) is 2.99. The van der Waals surface area contributed by atoms with Crippen LogP contribution in [0.25, 0.3) is 0 Å². The Kier molecular flexibility index (Phi) is 4.74. The number of carbonyl (C=O) groups is 1. The fraction of sp³-hybridized carbons (Fsp3) is 0.333. The molecule has 1 heterocycles. The van der Waals surface area contributed by atoms with Crippen LogP contribution < -0.4 is 5.32 Å². The smallest absolute Gasteiger partial charge is 0.407 e. The van der Waals surface area contributed by atoms with Crippen LogP contribution in [0.2, 0.25) is 0 Å². The molecule has 2 rings (SSSR count). The Labute approximate surface area is 122 Å². The zero-order chi connectivity index (χ0) is 14.5. The van der Waals surface area contributed by atoms with Crippen molar-refractivity contribution in [3.8, 4) is 0 Å². The summed E-state index contributed by atoms with van der Waals surface area (Å²) >= 11 is 1.63. The summed E-state index contributed by atoms with van der Waals surface area (Å²) in [5.41, 5.74) is 3.56. The van der Waals surface area contributed by atoms with E-state index in [0.717, 1.165) is 17.1 Å². The second kappa shape index (κ2) is 6.52. The van der Waals surface area contributed by atoms with Gasteiger partial charge in [-0.05, 0) is 19.4 Å². The van der Waals surface area contributed by atoms with Crippen molar-refractivity contribution in [2.75, 3.05) is 7.11 Å². The molecule has 0 spiro atoms. The lowest BCUT2D eigenvalue weighted by atomic mass is 10.1. The van der Waals surface area contributed by atoms with Crippen LogP contribution >= 0.6 is 11.3 Å². The van der Waals surface area contributed by atoms with Crippen molar-refractivity contribution in [3.05, 3.63) is 51.0 Å². The molecule has 0 bridgehead atoms. The number of thiazole rings is 1. The minimum atomic E-state index is -0.432. The molecule has 1 aromatic heterocycles. The molecule has 106 valence electrons. The van der Waals surface area contributed by atoms with Crippen LogP contribution in [0.5, 0.6) is 0 Å². The number of ether oxygens (including phenoxy) is 1. The number of rotatable bonds is 4. The first kappa shape index (κ1) is 14.5. The van der Waals surface area contributed by atoms with Crippen molar-refractivity contribution in [3.63, 3.8) is 0 Å². The summed E-state index contributed by atoms with van der Waals surface area (Å²) < 4.78 is 4.54. The van der Waals surface area contributed by atoms with Gasteiger partial charge in [0.25, 0.3) is 0 Å². The van der Waals surface area contributed by atoms with Crippen LogP contribution in [0.15, 0.2) is 24.3 Å². The van der Waals surface area contributed by atoms with Crippen LogP contribution in [0.3, 0.4) is 0 Å². The fourth-order valence-electron chi connectivity index (χ4n) is 1.84.